The molecule has 2 saturated heterocycles. The third kappa shape index (κ3) is 7.54. The first-order valence-corrected chi connectivity index (χ1v) is 11.3. The second kappa shape index (κ2) is 10.7. The summed E-state index contributed by atoms with van der Waals surface area (Å²) in [6.45, 7) is 11.3. The second-order valence-corrected chi connectivity index (χ2v) is 9.34. The van der Waals surface area contributed by atoms with E-state index in [1.807, 2.05) is 0 Å². The average Bonchev–Trinajstić information content (AvgIpc) is 3.09. The molecular weight excluding hydrogens is 431 g/mol. The van der Waals surface area contributed by atoms with Crippen LogP contribution in [0.5, 0.6) is 0 Å². The molecule has 1 atom stereocenters. The van der Waals surface area contributed by atoms with Crippen molar-refractivity contribution in [2.24, 2.45) is 5.41 Å². The van der Waals surface area contributed by atoms with Crippen molar-refractivity contribution < 1.29 is 23.1 Å². The topological polar surface area (TPSA) is 56.7 Å². The molecule has 1 spiro atoms. The Kier molecular flexibility index (Phi) is 8.13. The van der Waals surface area contributed by atoms with Gasteiger partial charge < -0.3 is 5.11 Å². The summed E-state index contributed by atoms with van der Waals surface area (Å²) < 4.78 is 31.7. The summed E-state index contributed by atoms with van der Waals surface area (Å²) in [5.74, 6) is -2.76. The first kappa shape index (κ1) is 25.2. The van der Waals surface area contributed by atoms with E-state index in [4.69, 9.17) is 14.9 Å². The zero-order valence-electron chi connectivity index (χ0n) is 19.2. The van der Waals surface area contributed by atoms with Gasteiger partial charge in [0.15, 0.2) is 0 Å². The number of aryl methyl sites for hydroxylation is 2. The first-order chi connectivity index (χ1) is 15.5. The van der Waals surface area contributed by atoms with Crippen molar-refractivity contribution in [1.82, 2.24) is 14.8 Å². The van der Waals surface area contributed by atoms with Gasteiger partial charge in [-0.15, -0.1) is 0 Å². The van der Waals surface area contributed by atoms with Gasteiger partial charge in [-0.1, -0.05) is 35.9 Å². The number of rotatable bonds is 4. The van der Waals surface area contributed by atoms with Gasteiger partial charge in [-0.05, 0) is 69.3 Å². The molecule has 3 heterocycles. The van der Waals surface area contributed by atoms with Crippen molar-refractivity contribution in [2.45, 2.75) is 52.4 Å². The SMILES string of the molecule is Cc1cccc(CN2CCC3(CCCN(Cc4cccc(C)n4)C3)C2)c1.O=C(O)C(F)(F)F. The van der Waals surface area contributed by atoms with Crippen LogP contribution < -0.4 is 0 Å². The van der Waals surface area contributed by atoms with Gasteiger partial charge in [0, 0.05) is 31.9 Å². The van der Waals surface area contributed by atoms with E-state index in [1.54, 1.807) is 0 Å². The Balaban J connectivity index is 0.000000383. The number of pyridine rings is 1. The molecule has 0 aliphatic carbocycles. The Hall–Kier alpha value is -2.45. The fourth-order valence-electron chi connectivity index (χ4n) is 4.93. The monoisotopic (exact) mass is 463 g/mol. The van der Waals surface area contributed by atoms with Crippen LogP contribution in [0.4, 0.5) is 13.2 Å². The third-order valence-electron chi connectivity index (χ3n) is 6.32. The fourth-order valence-corrected chi connectivity index (χ4v) is 4.93. The molecule has 2 aromatic rings. The van der Waals surface area contributed by atoms with Crippen molar-refractivity contribution in [3.05, 3.63) is 65.0 Å². The van der Waals surface area contributed by atoms with Crippen LogP contribution in [0.15, 0.2) is 42.5 Å². The number of benzene rings is 1. The van der Waals surface area contributed by atoms with Crippen molar-refractivity contribution in [2.75, 3.05) is 26.2 Å². The summed E-state index contributed by atoms with van der Waals surface area (Å²) in [6.07, 6.45) is -1.03. The highest BCUT2D eigenvalue weighted by Crippen LogP contribution is 2.39. The number of likely N-dealkylation sites (tertiary alicyclic amines) is 2. The van der Waals surface area contributed by atoms with E-state index < -0.39 is 12.1 Å². The lowest BCUT2D eigenvalue weighted by Gasteiger charge is -2.40. The van der Waals surface area contributed by atoms with E-state index in [9.17, 15) is 13.2 Å². The minimum atomic E-state index is -5.08. The molecule has 1 aromatic heterocycles. The number of nitrogens with zero attached hydrogens (tertiary/aromatic N) is 3. The Morgan fingerprint density at radius 2 is 1.70 bits per heavy atom. The summed E-state index contributed by atoms with van der Waals surface area (Å²) in [6, 6.07) is 15.4. The Bertz CT molecular complexity index is 950. The molecule has 180 valence electrons. The van der Waals surface area contributed by atoms with Crippen molar-refractivity contribution in [3.63, 3.8) is 0 Å². The number of piperidine rings is 1. The van der Waals surface area contributed by atoms with E-state index in [0.717, 1.165) is 18.8 Å². The van der Waals surface area contributed by atoms with Gasteiger partial charge in [-0.2, -0.15) is 13.2 Å². The van der Waals surface area contributed by atoms with Crippen LogP contribution in [0.25, 0.3) is 0 Å². The number of carboxylic acids is 1. The van der Waals surface area contributed by atoms with Crippen LogP contribution in [-0.4, -0.2) is 58.2 Å². The van der Waals surface area contributed by atoms with Gasteiger partial charge in [-0.25, -0.2) is 4.79 Å². The predicted molar refractivity (Wildman–Crippen MR) is 121 cm³/mol. The normalized spacial score (nSPS) is 21.6. The summed E-state index contributed by atoms with van der Waals surface area (Å²) in [5, 5.41) is 7.12. The number of aromatic nitrogens is 1. The molecule has 0 bridgehead atoms. The number of hydrogen-bond donors (Lipinski definition) is 1. The molecule has 0 amide bonds. The summed E-state index contributed by atoms with van der Waals surface area (Å²) in [4.78, 5) is 18.9. The third-order valence-corrected chi connectivity index (χ3v) is 6.32. The maximum absolute atomic E-state index is 10.6. The molecule has 2 aliphatic heterocycles. The molecule has 2 aliphatic rings. The highest BCUT2D eigenvalue weighted by molar-refractivity contribution is 5.73. The molecule has 0 radical (unpaired) electrons. The van der Waals surface area contributed by atoms with Crippen LogP contribution in [0.1, 0.15) is 41.8 Å². The molecule has 1 aromatic carbocycles. The first-order valence-electron chi connectivity index (χ1n) is 11.3. The largest absolute Gasteiger partial charge is 0.490 e. The Morgan fingerprint density at radius 3 is 2.33 bits per heavy atom. The number of carboxylic acid groups (broad SMARTS) is 1. The summed E-state index contributed by atoms with van der Waals surface area (Å²) in [7, 11) is 0. The molecule has 5 nitrogen and oxygen atoms in total. The number of aliphatic carboxylic acids is 1. The molecule has 4 rings (SSSR count). The Labute approximate surface area is 193 Å². The lowest BCUT2D eigenvalue weighted by Crippen LogP contribution is -2.44. The van der Waals surface area contributed by atoms with E-state index in [1.165, 1.54) is 62.3 Å². The van der Waals surface area contributed by atoms with E-state index >= 15 is 0 Å². The van der Waals surface area contributed by atoms with Crippen LogP contribution in [-0.2, 0) is 17.9 Å². The summed E-state index contributed by atoms with van der Waals surface area (Å²) in [5.41, 5.74) is 5.66. The van der Waals surface area contributed by atoms with Gasteiger partial charge >= 0.3 is 12.1 Å². The molecular formula is C25H32F3N3O2. The minimum Gasteiger partial charge on any atom is -0.475 e. The zero-order chi connectivity index (χ0) is 24.1. The van der Waals surface area contributed by atoms with E-state index in [-0.39, 0.29) is 0 Å². The highest BCUT2D eigenvalue weighted by atomic mass is 19.4. The van der Waals surface area contributed by atoms with Gasteiger partial charge in [0.2, 0.25) is 0 Å². The van der Waals surface area contributed by atoms with Gasteiger partial charge in [0.05, 0.1) is 5.69 Å². The molecule has 33 heavy (non-hydrogen) atoms. The van der Waals surface area contributed by atoms with Crippen molar-refractivity contribution in [1.29, 1.82) is 0 Å². The lowest BCUT2D eigenvalue weighted by atomic mass is 9.79. The molecule has 8 heteroatoms. The maximum Gasteiger partial charge on any atom is 0.490 e. The number of alkyl halides is 3. The van der Waals surface area contributed by atoms with Gasteiger partial charge in [-0.3, -0.25) is 14.8 Å². The van der Waals surface area contributed by atoms with Crippen LogP contribution in [0.2, 0.25) is 0 Å². The average molecular weight is 464 g/mol. The predicted octanol–water partition coefficient (Wildman–Crippen LogP) is 4.82. The summed E-state index contributed by atoms with van der Waals surface area (Å²) >= 11 is 0. The number of carbonyl (C=O) groups is 1. The minimum absolute atomic E-state index is 0.492. The van der Waals surface area contributed by atoms with E-state index in [2.05, 4.69) is 66.1 Å². The zero-order valence-corrected chi connectivity index (χ0v) is 19.2. The van der Waals surface area contributed by atoms with Gasteiger partial charge in [0.1, 0.15) is 0 Å². The smallest absolute Gasteiger partial charge is 0.475 e. The second-order valence-electron chi connectivity index (χ2n) is 9.34. The quantitative estimate of drug-likeness (QED) is 0.705. The van der Waals surface area contributed by atoms with Crippen LogP contribution in [0, 0.1) is 19.3 Å². The van der Waals surface area contributed by atoms with Crippen LogP contribution >= 0.6 is 0 Å². The van der Waals surface area contributed by atoms with Crippen molar-refractivity contribution in [3.8, 4) is 0 Å². The molecule has 1 N–H and O–H groups in total. The number of hydrogen-bond acceptors (Lipinski definition) is 4. The maximum atomic E-state index is 10.6. The fraction of sp³-hybridized carbons (Fsp3) is 0.520. The molecule has 1 unspecified atom stereocenters. The molecule has 2 fully saturated rings. The standard InChI is InChI=1S/C23H31N3.C2HF3O2/c1-19-6-3-8-21(14-19)15-26-13-11-23(18-26)10-5-12-25(17-23)16-22-9-4-7-20(2)24-22;3-2(4,5)1(6)7/h3-4,6-9,14H,5,10-13,15-18H2,1-2H3;(H,6,7). The van der Waals surface area contributed by atoms with E-state index in [0.29, 0.717) is 5.41 Å². The van der Waals surface area contributed by atoms with Crippen molar-refractivity contribution >= 4 is 5.97 Å². The number of halogens is 3. The Morgan fingerprint density at radius 1 is 1.03 bits per heavy atom. The van der Waals surface area contributed by atoms with Crippen LogP contribution in [0.3, 0.4) is 0 Å². The highest BCUT2D eigenvalue weighted by Gasteiger charge is 2.41. The van der Waals surface area contributed by atoms with Gasteiger partial charge in [0.25, 0.3) is 0 Å². The lowest BCUT2D eigenvalue weighted by molar-refractivity contribution is -0.192. The molecule has 0 saturated carbocycles.